The van der Waals surface area contributed by atoms with Gasteiger partial charge in [0, 0.05) is 6.04 Å². The van der Waals surface area contributed by atoms with Gasteiger partial charge in [0.25, 0.3) is 0 Å². The van der Waals surface area contributed by atoms with Gasteiger partial charge in [-0.15, -0.1) is 0 Å². The molecule has 2 saturated heterocycles. The van der Waals surface area contributed by atoms with Crippen molar-refractivity contribution in [3.63, 3.8) is 0 Å². The Morgan fingerprint density at radius 1 is 1.50 bits per heavy atom. The Kier molecular flexibility index (Phi) is 2.88. The quantitative estimate of drug-likeness (QED) is 0.634. The van der Waals surface area contributed by atoms with Crippen LogP contribution in [0.5, 0.6) is 0 Å². The van der Waals surface area contributed by atoms with Crippen LogP contribution in [0.3, 0.4) is 0 Å². The molecule has 0 aromatic carbocycles. The molecule has 0 aromatic heterocycles. The Hall–Kier alpha value is -0.810. The number of carbonyl (C=O) groups is 1. The molecule has 14 heavy (non-hydrogen) atoms. The molecular weight excluding hydrogens is 184 g/mol. The van der Waals surface area contributed by atoms with E-state index >= 15 is 0 Å². The smallest absolute Gasteiger partial charge is 0.410 e. The summed E-state index contributed by atoms with van der Waals surface area (Å²) in [4.78, 5) is 13.1. The molecule has 1 amide bonds. The number of aliphatic hydroxyl groups excluding tert-OH is 1. The Balaban J connectivity index is 2.01. The Bertz CT molecular complexity index is 216. The minimum Gasteiger partial charge on any atom is -0.447 e. The maximum absolute atomic E-state index is 11.4. The molecule has 0 aromatic rings. The third-order valence-corrected chi connectivity index (χ3v) is 2.92. The van der Waals surface area contributed by atoms with E-state index in [2.05, 4.69) is 5.32 Å². The predicted octanol–water partition coefficient (Wildman–Crippen LogP) is -0.449. The first-order chi connectivity index (χ1) is 6.83. The fourth-order valence-corrected chi connectivity index (χ4v) is 2.14. The van der Waals surface area contributed by atoms with Crippen molar-refractivity contribution in [3.05, 3.63) is 0 Å². The molecule has 0 radical (unpaired) electrons. The number of hydrogen-bond donors (Lipinski definition) is 2. The van der Waals surface area contributed by atoms with Crippen LogP contribution >= 0.6 is 0 Å². The lowest BCUT2D eigenvalue weighted by molar-refractivity contribution is 0.117. The van der Waals surface area contributed by atoms with Gasteiger partial charge in [0.2, 0.25) is 0 Å². The predicted molar refractivity (Wildman–Crippen MR) is 50.0 cm³/mol. The Morgan fingerprint density at radius 3 is 2.86 bits per heavy atom. The van der Waals surface area contributed by atoms with Gasteiger partial charge in [-0.2, -0.15) is 0 Å². The molecule has 2 rings (SSSR count). The van der Waals surface area contributed by atoms with E-state index in [-0.39, 0.29) is 24.8 Å². The molecule has 2 aliphatic heterocycles. The average Bonchev–Trinajstić information content (AvgIpc) is 2.61. The lowest BCUT2D eigenvalue weighted by Gasteiger charge is -2.32. The first-order valence-corrected chi connectivity index (χ1v) is 5.09. The number of nitrogens with zero attached hydrogens (tertiary/aromatic N) is 1. The summed E-state index contributed by atoms with van der Waals surface area (Å²) in [6.07, 6.45) is 1.63. The summed E-state index contributed by atoms with van der Waals surface area (Å²) in [6, 6.07) is 0.106. The summed E-state index contributed by atoms with van der Waals surface area (Å²) in [5, 5.41) is 12.3. The van der Waals surface area contributed by atoms with Crippen molar-refractivity contribution in [2.45, 2.75) is 24.9 Å². The SMILES string of the molecule is O=C1OCC(CO)N1C1CCNCC1. The van der Waals surface area contributed by atoms with Crippen LogP contribution in [0, 0.1) is 0 Å². The summed E-state index contributed by atoms with van der Waals surface area (Å²) in [7, 11) is 0. The summed E-state index contributed by atoms with van der Waals surface area (Å²) < 4.78 is 4.93. The highest BCUT2D eigenvalue weighted by atomic mass is 16.6. The van der Waals surface area contributed by atoms with Gasteiger partial charge in [0.15, 0.2) is 0 Å². The third-order valence-electron chi connectivity index (χ3n) is 2.92. The lowest BCUT2D eigenvalue weighted by Crippen LogP contribution is -2.48. The normalized spacial score (nSPS) is 29.4. The second-order valence-electron chi connectivity index (χ2n) is 3.80. The van der Waals surface area contributed by atoms with Gasteiger partial charge in [-0.05, 0) is 25.9 Å². The number of nitrogens with one attached hydrogen (secondary N) is 1. The highest BCUT2D eigenvalue weighted by Crippen LogP contribution is 2.21. The second kappa shape index (κ2) is 4.14. The van der Waals surface area contributed by atoms with Gasteiger partial charge in [-0.25, -0.2) is 4.79 Å². The number of ether oxygens (including phenoxy) is 1. The van der Waals surface area contributed by atoms with Crippen LogP contribution in [-0.4, -0.2) is 54.5 Å². The number of hydrogen-bond acceptors (Lipinski definition) is 4. The first-order valence-electron chi connectivity index (χ1n) is 5.09. The highest BCUT2D eigenvalue weighted by Gasteiger charge is 2.37. The average molecular weight is 200 g/mol. The minimum atomic E-state index is -0.268. The third kappa shape index (κ3) is 1.69. The maximum Gasteiger partial charge on any atom is 0.410 e. The molecule has 80 valence electrons. The summed E-state index contributed by atoms with van der Waals surface area (Å²) in [6.45, 7) is 2.20. The van der Waals surface area contributed by atoms with E-state index < -0.39 is 0 Å². The van der Waals surface area contributed by atoms with E-state index in [0.717, 1.165) is 25.9 Å². The van der Waals surface area contributed by atoms with Crippen molar-refractivity contribution in [2.75, 3.05) is 26.3 Å². The Morgan fingerprint density at radius 2 is 2.21 bits per heavy atom. The molecule has 2 fully saturated rings. The van der Waals surface area contributed by atoms with Crippen LogP contribution in [0.1, 0.15) is 12.8 Å². The molecule has 0 spiro atoms. The molecule has 0 bridgehead atoms. The van der Waals surface area contributed by atoms with Gasteiger partial charge in [-0.1, -0.05) is 0 Å². The van der Waals surface area contributed by atoms with Gasteiger partial charge in [-0.3, -0.25) is 4.90 Å². The lowest BCUT2D eigenvalue weighted by atomic mass is 10.0. The largest absolute Gasteiger partial charge is 0.447 e. The second-order valence-corrected chi connectivity index (χ2v) is 3.80. The molecule has 2 heterocycles. The molecular formula is C9H16N2O3. The van der Waals surface area contributed by atoms with E-state index in [1.807, 2.05) is 0 Å². The van der Waals surface area contributed by atoms with E-state index in [1.54, 1.807) is 4.90 Å². The number of carbonyl (C=O) groups excluding carboxylic acids is 1. The maximum atomic E-state index is 11.4. The van der Waals surface area contributed by atoms with Gasteiger partial charge in [0.1, 0.15) is 6.61 Å². The molecule has 2 N–H and O–H groups in total. The molecule has 1 atom stereocenters. The van der Waals surface area contributed by atoms with Crippen molar-refractivity contribution < 1.29 is 14.6 Å². The van der Waals surface area contributed by atoms with Crippen LogP contribution in [0.4, 0.5) is 4.79 Å². The topological polar surface area (TPSA) is 61.8 Å². The summed E-state index contributed by atoms with van der Waals surface area (Å²) >= 11 is 0. The van der Waals surface area contributed by atoms with Crippen LogP contribution in [0.15, 0.2) is 0 Å². The standard InChI is InChI=1S/C9H16N2O3/c12-5-8-6-14-9(13)11(8)7-1-3-10-4-2-7/h7-8,10,12H,1-6H2. The minimum absolute atomic E-state index is 0.00430. The molecule has 5 heteroatoms. The van der Waals surface area contributed by atoms with Crippen molar-refractivity contribution in [2.24, 2.45) is 0 Å². The van der Waals surface area contributed by atoms with Crippen molar-refractivity contribution >= 4 is 6.09 Å². The van der Waals surface area contributed by atoms with Gasteiger partial charge < -0.3 is 15.2 Å². The zero-order chi connectivity index (χ0) is 9.97. The van der Waals surface area contributed by atoms with Crippen LogP contribution < -0.4 is 5.32 Å². The number of cyclic esters (lactones) is 1. The zero-order valence-corrected chi connectivity index (χ0v) is 8.11. The van der Waals surface area contributed by atoms with Crippen molar-refractivity contribution in [1.29, 1.82) is 0 Å². The van der Waals surface area contributed by atoms with Crippen LogP contribution in [-0.2, 0) is 4.74 Å². The fourth-order valence-electron chi connectivity index (χ4n) is 2.14. The molecule has 1 unspecified atom stereocenters. The highest BCUT2D eigenvalue weighted by molar-refractivity contribution is 5.70. The van der Waals surface area contributed by atoms with Crippen molar-refractivity contribution in [1.82, 2.24) is 10.2 Å². The Labute approximate surface area is 83.0 Å². The number of rotatable bonds is 2. The van der Waals surface area contributed by atoms with E-state index in [9.17, 15) is 4.79 Å². The monoisotopic (exact) mass is 200 g/mol. The van der Waals surface area contributed by atoms with Gasteiger partial charge in [0.05, 0.1) is 12.6 Å². The van der Waals surface area contributed by atoms with E-state index in [4.69, 9.17) is 9.84 Å². The van der Waals surface area contributed by atoms with E-state index in [0.29, 0.717) is 6.61 Å². The van der Waals surface area contributed by atoms with E-state index in [1.165, 1.54) is 0 Å². The molecule has 0 saturated carbocycles. The first kappa shape index (κ1) is 9.73. The van der Waals surface area contributed by atoms with Gasteiger partial charge >= 0.3 is 6.09 Å². The summed E-state index contributed by atoms with van der Waals surface area (Å²) in [5.74, 6) is 0. The number of amides is 1. The van der Waals surface area contributed by atoms with Crippen molar-refractivity contribution in [3.8, 4) is 0 Å². The summed E-state index contributed by atoms with van der Waals surface area (Å²) in [5.41, 5.74) is 0. The zero-order valence-electron chi connectivity index (χ0n) is 8.11. The molecule has 5 nitrogen and oxygen atoms in total. The van der Waals surface area contributed by atoms with Crippen LogP contribution in [0.25, 0.3) is 0 Å². The number of piperidine rings is 1. The fraction of sp³-hybridized carbons (Fsp3) is 0.889. The van der Waals surface area contributed by atoms with Crippen LogP contribution in [0.2, 0.25) is 0 Å². The molecule has 2 aliphatic rings. The molecule has 0 aliphatic carbocycles. The number of aliphatic hydroxyl groups is 1.